The molecular formula is C18H18N4OS. The maximum absolute atomic E-state index is 12.7. The maximum atomic E-state index is 12.7. The zero-order valence-electron chi connectivity index (χ0n) is 13.3. The van der Waals surface area contributed by atoms with Crippen molar-refractivity contribution in [1.29, 1.82) is 0 Å². The number of nitrogens with one attached hydrogen (secondary N) is 2. The van der Waals surface area contributed by atoms with Gasteiger partial charge in [0.25, 0.3) is 0 Å². The van der Waals surface area contributed by atoms with E-state index in [1.165, 1.54) is 11.5 Å². The molecule has 0 spiro atoms. The quantitative estimate of drug-likeness (QED) is 0.722. The zero-order valence-corrected chi connectivity index (χ0v) is 14.1. The lowest BCUT2D eigenvalue weighted by Gasteiger charge is -2.18. The molecule has 0 unspecified atom stereocenters. The lowest BCUT2D eigenvalue weighted by molar-refractivity contribution is -0.116. The number of carbonyl (C=O) groups excluding carboxylic acids is 1. The summed E-state index contributed by atoms with van der Waals surface area (Å²) in [5.74, 6) is 0.599. The molecule has 2 N–H and O–H groups in total. The van der Waals surface area contributed by atoms with Gasteiger partial charge in [0, 0.05) is 23.6 Å². The Kier molecular flexibility index (Phi) is 5.18. The minimum atomic E-state index is -0.431. The number of aryl methyl sites for hydroxylation is 1. The highest BCUT2D eigenvalue weighted by atomic mass is 32.1. The van der Waals surface area contributed by atoms with Crippen LogP contribution in [0.25, 0.3) is 0 Å². The summed E-state index contributed by atoms with van der Waals surface area (Å²) in [5, 5.41) is 6.80. The van der Waals surface area contributed by atoms with Gasteiger partial charge >= 0.3 is 0 Å². The summed E-state index contributed by atoms with van der Waals surface area (Å²) in [4.78, 5) is 17.0. The van der Waals surface area contributed by atoms with E-state index in [2.05, 4.69) is 20.0 Å². The molecule has 0 radical (unpaired) electrons. The predicted molar refractivity (Wildman–Crippen MR) is 97.3 cm³/mol. The summed E-state index contributed by atoms with van der Waals surface area (Å²) in [6, 6.07) is 18.9. The van der Waals surface area contributed by atoms with Gasteiger partial charge in [-0.05, 0) is 24.6 Å². The third-order valence-corrected chi connectivity index (χ3v) is 4.20. The van der Waals surface area contributed by atoms with Crippen LogP contribution >= 0.6 is 11.5 Å². The molecule has 0 fully saturated rings. The van der Waals surface area contributed by atoms with Crippen LogP contribution in [-0.2, 0) is 11.2 Å². The number of carbonyl (C=O) groups is 1. The van der Waals surface area contributed by atoms with Crippen LogP contribution in [-0.4, -0.2) is 21.3 Å². The number of rotatable bonds is 6. The van der Waals surface area contributed by atoms with Crippen molar-refractivity contribution >= 4 is 28.3 Å². The van der Waals surface area contributed by atoms with Crippen LogP contribution in [0.2, 0.25) is 0 Å². The largest absolute Gasteiger partial charge is 0.348 e. The van der Waals surface area contributed by atoms with Crippen LogP contribution in [0.15, 0.2) is 60.7 Å². The standard InChI is InChI=1S/C18H18N4OS/c1-13-19-18(24-22-13)21-16(12-14-8-4-2-5-9-14)17(23)20-15-10-6-3-7-11-15/h2-11,16H,12H2,1H3,(H,20,23)(H,19,21,22)/t16-/m1/s1. The number of amides is 1. The zero-order chi connectivity index (χ0) is 16.8. The van der Waals surface area contributed by atoms with Gasteiger partial charge in [-0.15, -0.1) is 0 Å². The second kappa shape index (κ2) is 7.70. The molecule has 24 heavy (non-hydrogen) atoms. The van der Waals surface area contributed by atoms with Gasteiger partial charge in [-0.25, -0.2) is 4.98 Å². The first-order valence-electron chi connectivity index (χ1n) is 7.67. The molecule has 2 aromatic carbocycles. The molecule has 3 aromatic rings. The summed E-state index contributed by atoms with van der Waals surface area (Å²) < 4.78 is 4.16. The Morgan fingerprint density at radius 2 is 1.75 bits per heavy atom. The fraction of sp³-hybridized carbons (Fsp3) is 0.167. The Hall–Kier alpha value is -2.73. The van der Waals surface area contributed by atoms with E-state index in [0.29, 0.717) is 17.4 Å². The normalized spacial score (nSPS) is 11.7. The van der Waals surface area contributed by atoms with Gasteiger partial charge in [-0.2, -0.15) is 4.37 Å². The molecule has 6 heteroatoms. The summed E-state index contributed by atoms with van der Waals surface area (Å²) >= 11 is 1.26. The monoisotopic (exact) mass is 338 g/mol. The van der Waals surface area contributed by atoms with Crippen LogP contribution in [0, 0.1) is 6.92 Å². The molecule has 0 aliphatic carbocycles. The summed E-state index contributed by atoms with van der Waals surface area (Å²) in [6.07, 6.45) is 0.568. The van der Waals surface area contributed by atoms with E-state index in [-0.39, 0.29) is 5.91 Å². The maximum Gasteiger partial charge on any atom is 0.247 e. The van der Waals surface area contributed by atoms with Crippen molar-refractivity contribution in [3.63, 3.8) is 0 Å². The average molecular weight is 338 g/mol. The molecule has 0 bridgehead atoms. The van der Waals surface area contributed by atoms with Crippen LogP contribution in [0.5, 0.6) is 0 Å². The van der Waals surface area contributed by atoms with Gasteiger partial charge in [0.05, 0.1) is 0 Å². The molecule has 0 aliphatic rings. The van der Waals surface area contributed by atoms with Crippen molar-refractivity contribution in [3.05, 3.63) is 72.1 Å². The number of benzene rings is 2. The van der Waals surface area contributed by atoms with E-state index in [1.807, 2.05) is 67.6 Å². The van der Waals surface area contributed by atoms with E-state index in [1.54, 1.807) is 0 Å². The molecule has 5 nitrogen and oxygen atoms in total. The fourth-order valence-corrected chi connectivity index (χ4v) is 2.94. The first-order chi connectivity index (χ1) is 11.7. The number of hydrogen-bond donors (Lipinski definition) is 2. The minimum absolute atomic E-state index is 0.0992. The van der Waals surface area contributed by atoms with E-state index in [4.69, 9.17) is 0 Å². The number of aromatic nitrogens is 2. The molecule has 0 saturated heterocycles. The highest BCUT2D eigenvalue weighted by Crippen LogP contribution is 2.16. The summed E-state index contributed by atoms with van der Waals surface area (Å²) in [6.45, 7) is 1.83. The first kappa shape index (κ1) is 16.1. The van der Waals surface area contributed by atoms with Gasteiger partial charge in [-0.1, -0.05) is 48.5 Å². The SMILES string of the molecule is Cc1nsc(N[C@H](Cc2ccccc2)C(=O)Nc2ccccc2)n1. The summed E-state index contributed by atoms with van der Waals surface area (Å²) in [5.41, 5.74) is 1.86. The Balaban J connectivity index is 1.76. The molecular weight excluding hydrogens is 320 g/mol. The number of para-hydroxylation sites is 1. The van der Waals surface area contributed by atoms with Crippen molar-refractivity contribution in [1.82, 2.24) is 9.36 Å². The van der Waals surface area contributed by atoms with E-state index in [0.717, 1.165) is 11.3 Å². The highest BCUT2D eigenvalue weighted by molar-refractivity contribution is 7.09. The van der Waals surface area contributed by atoms with Gasteiger partial charge in [0.15, 0.2) is 0 Å². The van der Waals surface area contributed by atoms with E-state index in [9.17, 15) is 4.79 Å². The van der Waals surface area contributed by atoms with E-state index < -0.39 is 6.04 Å². The number of hydrogen-bond acceptors (Lipinski definition) is 5. The first-order valence-corrected chi connectivity index (χ1v) is 8.45. The Morgan fingerprint density at radius 3 is 2.38 bits per heavy atom. The van der Waals surface area contributed by atoms with Gasteiger partial charge in [-0.3, -0.25) is 4.79 Å². The molecule has 1 atom stereocenters. The average Bonchev–Trinajstić information content (AvgIpc) is 3.01. The van der Waals surface area contributed by atoms with Crippen molar-refractivity contribution in [2.45, 2.75) is 19.4 Å². The van der Waals surface area contributed by atoms with Crippen molar-refractivity contribution in [2.75, 3.05) is 10.6 Å². The second-order valence-corrected chi connectivity index (χ2v) is 6.14. The van der Waals surface area contributed by atoms with Crippen molar-refractivity contribution in [3.8, 4) is 0 Å². The van der Waals surface area contributed by atoms with Crippen LogP contribution in [0.3, 0.4) is 0 Å². The van der Waals surface area contributed by atoms with Crippen molar-refractivity contribution < 1.29 is 4.79 Å². The molecule has 122 valence electrons. The van der Waals surface area contributed by atoms with Gasteiger partial charge in [0.2, 0.25) is 11.0 Å². The topological polar surface area (TPSA) is 66.9 Å². The smallest absolute Gasteiger partial charge is 0.247 e. The number of nitrogens with zero attached hydrogens (tertiary/aromatic N) is 2. The Labute approximate surface area is 144 Å². The van der Waals surface area contributed by atoms with Gasteiger partial charge in [0.1, 0.15) is 11.9 Å². The Morgan fingerprint density at radius 1 is 1.08 bits per heavy atom. The van der Waals surface area contributed by atoms with Crippen LogP contribution in [0.1, 0.15) is 11.4 Å². The van der Waals surface area contributed by atoms with Crippen LogP contribution in [0.4, 0.5) is 10.8 Å². The molecule has 1 aromatic heterocycles. The van der Waals surface area contributed by atoms with Crippen LogP contribution < -0.4 is 10.6 Å². The lowest BCUT2D eigenvalue weighted by Crippen LogP contribution is -2.36. The molecule has 0 aliphatic heterocycles. The minimum Gasteiger partial charge on any atom is -0.348 e. The van der Waals surface area contributed by atoms with Gasteiger partial charge < -0.3 is 10.6 Å². The third-order valence-electron chi connectivity index (χ3n) is 3.47. The Bertz CT molecular complexity index is 789. The molecule has 1 heterocycles. The highest BCUT2D eigenvalue weighted by Gasteiger charge is 2.20. The fourth-order valence-electron chi connectivity index (χ4n) is 2.31. The number of anilines is 2. The molecule has 1 amide bonds. The molecule has 3 rings (SSSR count). The lowest BCUT2D eigenvalue weighted by atomic mass is 10.1. The molecule has 0 saturated carbocycles. The van der Waals surface area contributed by atoms with Crippen molar-refractivity contribution in [2.24, 2.45) is 0 Å². The third kappa shape index (κ3) is 4.39. The predicted octanol–water partition coefficient (Wildman–Crippen LogP) is 3.51. The van der Waals surface area contributed by atoms with E-state index >= 15 is 0 Å². The second-order valence-electron chi connectivity index (χ2n) is 5.39. The summed E-state index contributed by atoms with van der Waals surface area (Å²) in [7, 11) is 0.